The van der Waals surface area contributed by atoms with Crippen molar-refractivity contribution in [2.45, 2.75) is 95.0 Å². The van der Waals surface area contributed by atoms with Gasteiger partial charge in [-0.1, -0.05) is 39.0 Å². The molecular weight excluding hydrogens is 539 g/mol. The maximum absolute atomic E-state index is 13.6. The SMILES string of the molecule is C[C@@H](O[Si](C)(C)C(C)(C)C)c1nc2cnc3c(ccn3S(=O)(=O)c3ccccc3)c2n1[C@@H]1CC[C@H](CCC#N)C1. The first-order valence-electron chi connectivity index (χ1n) is 14.1. The molecule has 10 heteroatoms. The molecule has 4 aromatic rings. The van der Waals surface area contributed by atoms with E-state index in [2.05, 4.69) is 56.4 Å². The number of hydrogen-bond donors (Lipinski definition) is 0. The minimum absolute atomic E-state index is 0.0473. The van der Waals surface area contributed by atoms with Crippen LogP contribution in [-0.2, 0) is 14.4 Å². The summed E-state index contributed by atoms with van der Waals surface area (Å²) >= 11 is 0. The quantitative estimate of drug-likeness (QED) is 0.203. The van der Waals surface area contributed by atoms with Gasteiger partial charge in [0.2, 0.25) is 0 Å². The molecule has 8 nitrogen and oxygen atoms in total. The van der Waals surface area contributed by atoms with Crippen molar-refractivity contribution in [3.63, 3.8) is 0 Å². The highest BCUT2D eigenvalue weighted by Gasteiger charge is 2.40. The zero-order valence-corrected chi connectivity index (χ0v) is 26.1. The first-order valence-corrected chi connectivity index (χ1v) is 18.4. The summed E-state index contributed by atoms with van der Waals surface area (Å²) in [5, 5.41) is 9.95. The lowest BCUT2D eigenvalue weighted by molar-refractivity contribution is 0.186. The Morgan fingerprint density at radius 3 is 2.58 bits per heavy atom. The Morgan fingerprint density at radius 2 is 1.90 bits per heavy atom. The third-order valence-corrected chi connectivity index (χ3v) is 15.1. The summed E-state index contributed by atoms with van der Waals surface area (Å²) in [4.78, 5) is 9.91. The van der Waals surface area contributed by atoms with Crippen LogP contribution in [-0.4, -0.2) is 35.2 Å². The largest absolute Gasteiger partial charge is 0.407 e. The molecule has 0 unspecified atom stereocenters. The standard InChI is InChI=1S/C30H39N5O3SSi/c1-21(38-40(5,6)30(2,3)4)28-33-26-20-32-29-25(16-18-34(29)39(36,37)24-12-8-7-9-13-24)27(26)35(28)23-15-14-22(19-23)11-10-17-31/h7-9,12-13,16,18,20-23H,10-11,14-15,19H2,1-6H3/t21-,22+,23-/m1/s1. The van der Waals surface area contributed by atoms with Crippen molar-refractivity contribution in [1.82, 2.24) is 18.5 Å². The average Bonchev–Trinajstić information content (AvgIpc) is 3.63. The summed E-state index contributed by atoms with van der Waals surface area (Å²) in [6.07, 6.45) is 7.50. The highest BCUT2D eigenvalue weighted by Crippen LogP contribution is 2.44. The lowest BCUT2D eigenvalue weighted by Crippen LogP contribution is -2.41. The van der Waals surface area contributed by atoms with Gasteiger partial charge in [0.05, 0.1) is 22.7 Å². The van der Waals surface area contributed by atoms with E-state index in [0.29, 0.717) is 18.0 Å². The van der Waals surface area contributed by atoms with E-state index in [1.54, 1.807) is 42.7 Å². The van der Waals surface area contributed by atoms with Gasteiger partial charge in [0.15, 0.2) is 14.0 Å². The van der Waals surface area contributed by atoms with E-state index in [-0.39, 0.29) is 22.1 Å². The fourth-order valence-electron chi connectivity index (χ4n) is 5.71. The van der Waals surface area contributed by atoms with Crippen LogP contribution in [0.4, 0.5) is 0 Å². The Labute approximate surface area is 238 Å². The molecule has 0 aliphatic heterocycles. The fourth-order valence-corrected chi connectivity index (χ4v) is 8.37. The van der Waals surface area contributed by atoms with Gasteiger partial charge in [0, 0.05) is 24.0 Å². The van der Waals surface area contributed by atoms with Crippen molar-refractivity contribution in [2.24, 2.45) is 5.92 Å². The summed E-state index contributed by atoms with van der Waals surface area (Å²) in [5.41, 5.74) is 2.03. The molecule has 1 fully saturated rings. The Hall–Kier alpha value is -3.00. The number of nitrogens with zero attached hydrogens (tertiary/aromatic N) is 5. The topological polar surface area (TPSA) is 103 Å². The van der Waals surface area contributed by atoms with Gasteiger partial charge in [-0.2, -0.15) is 5.26 Å². The predicted molar refractivity (Wildman–Crippen MR) is 160 cm³/mol. The number of nitriles is 1. The number of hydrogen-bond acceptors (Lipinski definition) is 6. The summed E-state index contributed by atoms with van der Waals surface area (Å²) in [6, 6.07) is 12.8. The molecule has 1 aliphatic rings. The maximum Gasteiger partial charge on any atom is 0.269 e. The van der Waals surface area contributed by atoms with Crippen molar-refractivity contribution >= 4 is 40.4 Å². The van der Waals surface area contributed by atoms with Gasteiger partial charge < -0.3 is 8.99 Å². The predicted octanol–water partition coefficient (Wildman–Crippen LogP) is 7.35. The fraction of sp³-hybridized carbons (Fsp3) is 0.500. The highest BCUT2D eigenvalue weighted by atomic mass is 32.2. The van der Waals surface area contributed by atoms with Crippen LogP contribution in [0.5, 0.6) is 0 Å². The second-order valence-corrected chi connectivity index (χ2v) is 19.1. The number of pyridine rings is 1. The van der Waals surface area contributed by atoms with E-state index in [0.717, 1.165) is 47.9 Å². The van der Waals surface area contributed by atoms with Crippen LogP contribution in [0.25, 0.3) is 22.1 Å². The number of aromatic nitrogens is 4. The van der Waals surface area contributed by atoms with Crippen molar-refractivity contribution in [3.8, 4) is 6.07 Å². The molecule has 3 heterocycles. The summed E-state index contributed by atoms with van der Waals surface area (Å²) < 4.78 is 37.5. The lowest BCUT2D eigenvalue weighted by atomic mass is 10.0. The van der Waals surface area contributed by atoms with E-state index in [9.17, 15) is 8.42 Å². The monoisotopic (exact) mass is 577 g/mol. The maximum atomic E-state index is 13.6. The number of fused-ring (bicyclic) bond motifs is 3. The molecule has 212 valence electrons. The molecular formula is C30H39N5O3SSi. The van der Waals surface area contributed by atoms with Gasteiger partial charge in [0.25, 0.3) is 10.0 Å². The van der Waals surface area contributed by atoms with E-state index >= 15 is 0 Å². The lowest BCUT2D eigenvalue weighted by Gasteiger charge is -2.38. The van der Waals surface area contributed by atoms with Gasteiger partial charge in [0.1, 0.15) is 17.4 Å². The van der Waals surface area contributed by atoms with E-state index in [4.69, 9.17) is 14.7 Å². The summed E-state index contributed by atoms with van der Waals surface area (Å²) in [6.45, 7) is 13.3. The molecule has 0 spiro atoms. The molecule has 5 rings (SSSR count). The molecule has 3 atom stereocenters. The van der Waals surface area contributed by atoms with E-state index in [1.807, 2.05) is 6.07 Å². The van der Waals surface area contributed by atoms with Crippen molar-refractivity contribution < 1.29 is 12.8 Å². The van der Waals surface area contributed by atoms with Crippen LogP contribution in [0.1, 0.15) is 77.8 Å². The smallest absolute Gasteiger partial charge is 0.269 e. The van der Waals surface area contributed by atoms with Gasteiger partial charge in [-0.3, -0.25) is 0 Å². The van der Waals surface area contributed by atoms with Crippen molar-refractivity contribution in [1.29, 1.82) is 5.26 Å². The molecule has 0 radical (unpaired) electrons. The molecule has 1 aromatic carbocycles. The number of benzene rings is 1. The Kier molecular flexibility index (Phi) is 7.44. The van der Waals surface area contributed by atoms with E-state index < -0.39 is 18.3 Å². The summed E-state index contributed by atoms with van der Waals surface area (Å²) in [5.74, 6) is 1.34. The molecule has 40 heavy (non-hydrogen) atoms. The van der Waals surface area contributed by atoms with Crippen molar-refractivity contribution in [3.05, 3.63) is 54.6 Å². The van der Waals surface area contributed by atoms with Crippen LogP contribution in [0.2, 0.25) is 18.1 Å². The highest BCUT2D eigenvalue weighted by molar-refractivity contribution is 7.90. The first-order chi connectivity index (χ1) is 18.8. The van der Waals surface area contributed by atoms with Gasteiger partial charge in [-0.05, 0) is 74.9 Å². The second-order valence-electron chi connectivity index (χ2n) is 12.5. The van der Waals surface area contributed by atoms with Crippen LogP contribution >= 0.6 is 0 Å². The molecule has 0 bridgehead atoms. The van der Waals surface area contributed by atoms with Crippen LogP contribution < -0.4 is 0 Å². The second kappa shape index (κ2) is 10.4. The minimum atomic E-state index is -3.82. The first kappa shape index (κ1) is 28.5. The Bertz CT molecular complexity index is 1680. The Balaban J connectivity index is 1.67. The third-order valence-electron chi connectivity index (χ3n) is 8.84. The molecule has 1 aliphatic carbocycles. The zero-order chi connectivity index (χ0) is 28.9. The average molecular weight is 578 g/mol. The number of rotatable bonds is 8. The zero-order valence-electron chi connectivity index (χ0n) is 24.3. The third kappa shape index (κ3) is 4.99. The molecule has 0 amide bonds. The minimum Gasteiger partial charge on any atom is -0.407 e. The van der Waals surface area contributed by atoms with Crippen LogP contribution in [0.3, 0.4) is 0 Å². The van der Waals surface area contributed by atoms with Crippen molar-refractivity contribution in [2.75, 3.05) is 0 Å². The van der Waals surface area contributed by atoms with Gasteiger partial charge in [-0.25, -0.2) is 22.4 Å². The normalized spacial score (nSPS) is 19.3. The van der Waals surface area contributed by atoms with Gasteiger partial charge >= 0.3 is 0 Å². The molecule has 1 saturated carbocycles. The van der Waals surface area contributed by atoms with E-state index in [1.165, 1.54) is 3.97 Å². The van der Waals surface area contributed by atoms with Gasteiger partial charge in [-0.15, -0.1) is 0 Å². The molecule has 0 N–H and O–H groups in total. The van der Waals surface area contributed by atoms with Crippen LogP contribution in [0, 0.1) is 17.2 Å². The Morgan fingerprint density at radius 1 is 1.18 bits per heavy atom. The number of imidazole rings is 1. The molecule has 0 saturated heterocycles. The van der Waals surface area contributed by atoms with Crippen LogP contribution in [0.15, 0.2) is 53.7 Å². The summed E-state index contributed by atoms with van der Waals surface area (Å²) in [7, 11) is -5.91. The molecule has 3 aromatic heterocycles.